The SMILES string of the molecule is COc1ccc(Cl)cc1.[B]. The Hall–Kier alpha value is -0.625. The number of hydrogen-bond acceptors (Lipinski definition) is 1. The molecule has 0 N–H and O–H groups in total. The predicted octanol–water partition coefficient (Wildman–Crippen LogP) is 1.97. The molecule has 1 aromatic carbocycles. The van der Waals surface area contributed by atoms with Gasteiger partial charge in [-0.25, -0.2) is 0 Å². The molecule has 0 heterocycles. The molecule has 0 saturated carbocycles. The van der Waals surface area contributed by atoms with Crippen molar-refractivity contribution in [1.82, 2.24) is 0 Å². The Kier molecular flexibility index (Phi) is 3.97. The third kappa shape index (κ3) is 2.32. The molecule has 0 unspecified atom stereocenters. The van der Waals surface area contributed by atoms with Crippen LogP contribution in [0.5, 0.6) is 5.75 Å². The van der Waals surface area contributed by atoms with Gasteiger partial charge in [-0.05, 0) is 24.3 Å². The van der Waals surface area contributed by atoms with Gasteiger partial charge in [0.1, 0.15) is 5.75 Å². The number of methoxy groups -OCH3 is 1. The Balaban J connectivity index is 0.000000810. The van der Waals surface area contributed by atoms with E-state index in [4.69, 9.17) is 16.3 Å². The molecular formula is C7H7BClO. The highest BCUT2D eigenvalue weighted by Crippen LogP contribution is 2.14. The highest BCUT2D eigenvalue weighted by atomic mass is 35.5. The molecule has 0 aromatic heterocycles. The van der Waals surface area contributed by atoms with E-state index in [0.29, 0.717) is 0 Å². The van der Waals surface area contributed by atoms with Gasteiger partial charge >= 0.3 is 0 Å². The summed E-state index contributed by atoms with van der Waals surface area (Å²) in [7, 11) is 1.63. The summed E-state index contributed by atoms with van der Waals surface area (Å²) in [6.07, 6.45) is 0. The van der Waals surface area contributed by atoms with E-state index in [-0.39, 0.29) is 8.41 Å². The summed E-state index contributed by atoms with van der Waals surface area (Å²) in [6, 6.07) is 7.23. The van der Waals surface area contributed by atoms with Crippen LogP contribution >= 0.6 is 11.6 Å². The number of halogens is 1. The van der Waals surface area contributed by atoms with E-state index < -0.39 is 0 Å². The molecule has 0 saturated heterocycles. The summed E-state index contributed by atoms with van der Waals surface area (Å²) in [5.41, 5.74) is 0. The van der Waals surface area contributed by atoms with Gasteiger partial charge < -0.3 is 4.74 Å². The van der Waals surface area contributed by atoms with Crippen molar-refractivity contribution < 1.29 is 4.74 Å². The van der Waals surface area contributed by atoms with Crippen molar-refractivity contribution in [2.24, 2.45) is 0 Å². The molecule has 1 aromatic rings. The average Bonchev–Trinajstić information content (AvgIpc) is 1.90. The van der Waals surface area contributed by atoms with Gasteiger partial charge in [0, 0.05) is 13.4 Å². The average molecular weight is 153 g/mol. The lowest BCUT2D eigenvalue weighted by atomic mass is 10.3. The maximum absolute atomic E-state index is 5.61. The maximum Gasteiger partial charge on any atom is 0.118 e. The van der Waals surface area contributed by atoms with Gasteiger partial charge in [-0.2, -0.15) is 0 Å². The van der Waals surface area contributed by atoms with Crippen LogP contribution in [0.25, 0.3) is 0 Å². The van der Waals surface area contributed by atoms with Crippen LogP contribution in [0.4, 0.5) is 0 Å². The van der Waals surface area contributed by atoms with Gasteiger partial charge in [0.15, 0.2) is 0 Å². The van der Waals surface area contributed by atoms with Crippen LogP contribution in [-0.2, 0) is 0 Å². The molecule has 0 aliphatic heterocycles. The standard InChI is InChI=1S/C7H7ClO.B/c1-9-7-4-2-6(8)3-5-7;/h2-5H,1H3;. The van der Waals surface area contributed by atoms with Gasteiger partial charge in [-0.1, -0.05) is 11.6 Å². The van der Waals surface area contributed by atoms with Gasteiger partial charge in [-0.15, -0.1) is 0 Å². The summed E-state index contributed by atoms with van der Waals surface area (Å²) in [5.74, 6) is 0.833. The van der Waals surface area contributed by atoms with Gasteiger partial charge in [0.2, 0.25) is 0 Å². The molecule has 0 aliphatic carbocycles. The van der Waals surface area contributed by atoms with Crippen LogP contribution in [-0.4, -0.2) is 15.5 Å². The summed E-state index contributed by atoms with van der Waals surface area (Å²) in [6.45, 7) is 0. The van der Waals surface area contributed by atoms with Crippen molar-refractivity contribution in [3.05, 3.63) is 29.3 Å². The lowest BCUT2D eigenvalue weighted by Crippen LogP contribution is -1.79. The summed E-state index contributed by atoms with van der Waals surface area (Å²) >= 11 is 5.61. The van der Waals surface area contributed by atoms with E-state index in [9.17, 15) is 0 Å². The van der Waals surface area contributed by atoms with Gasteiger partial charge in [0.05, 0.1) is 7.11 Å². The van der Waals surface area contributed by atoms with Crippen molar-refractivity contribution in [2.45, 2.75) is 0 Å². The Bertz CT molecular complexity index is 185. The molecule has 10 heavy (non-hydrogen) atoms. The monoisotopic (exact) mass is 153 g/mol. The molecular weight excluding hydrogens is 146 g/mol. The summed E-state index contributed by atoms with van der Waals surface area (Å²) in [4.78, 5) is 0. The summed E-state index contributed by atoms with van der Waals surface area (Å²) in [5, 5.41) is 0.732. The van der Waals surface area contributed by atoms with Crippen LogP contribution in [0.15, 0.2) is 24.3 Å². The third-order valence-electron chi connectivity index (χ3n) is 1.05. The highest BCUT2D eigenvalue weighted by Gasteiger charge is 1.87. The molecule has 0 fully saturated rings. The zero-order valence-corrected chi connectivity index (χ0v) is 6.43. The Morgan fingerprint density at radius 3 is 2.10 bits per heavy atom. The number of rotatable bonds is 1. The Morgan fingerprint density at radius 2 is 1.70 bits per heavy atom. The normalized spacial score (nSPS) is 8.20. The lowest BCUT2D eigenvalue weighted by molar-refractivity contribution is 0.415. The van der Waals surface area contributed by atoms with Gasteiger partial charge in [0.25, 0.3) is 0 Å². The molecule has 3 radical (unpaired) electrons. The smallest absolute Gasteiger partial charge is 0.118 e. The van der Waals surface area contributed by atoms with Crippen LogP contribution in [0.2, 0.25) is 5.02 Å². The number of benzene rings is 1. The molecule has 0 amide bonds. The molecule has 0 atom stereocenters. The molecule has 51 valence electrons. The molecule has 0 bridgehead atoms. The molecule has 0 aliphatic rings. The summed E-state index contributed by atoms with van der Waals surface area (Å²) < 4.78 is 4.91. The van der Waals surface area contributed by atoms with E-state index >= 15 is 0 Å². The zero-order valence-electron chi connectivity index (χ0n) is 5.67. The van der Waals surface area contributed by atoms with Crippen molar-refractivity contribution >= 4 is 20.0 Å². The fourth-order valence-corrected chi connectivity index (χ4v) is 0.697. The first-order chi connectivity index (χ1) is 4.33. The number of ether oxygens (including phenoxy) is 1. The Morgan fingerprint density at radius 1 is 1.20 bits per heavy atom. The van der Waals surface area contributed by atoms with E-state index in [1.807, 2.05) is 12.1 Å². The third-order valence-corrected chi connectivity index (χ3v) is 1.30. The fraction of sp³-hybridized carbons (Fsp3) is 0.143. The van der Waals surface area contributed by atoms with E-state index in [2.05, 4.69) is 0 Å². The quantitative estimate of drug-likeness (QED) is 0.561. The first-order valence-corrected chi connectivity index (χ1v) is 3.00. The molecule has 1 rings (SSSR count). The maximum atomic E-state index is 5.61. The van der Waals surface area contributed by atoms with Crippen LogP contribution < -0.4 is 4.74 Å². The second-order valence-corrected chi connectivity index (χ2v) is 2.09. The topological polar surface area (TPSA) is 9.23 Å². The van der Waals surface area contributed by atoms with E-state index in [0.717, 1.165) is 10.8 Å². The number of hydrogen-bond donors (Lipinski definition) is 0. The highest BCUT2D eigenvalue weighted by molar-refractivity contribution is 6.30. The van der Waals surface area contributed by atoms with Crippen LogP contribution in [0.1, 0.15) is 0 Å². The second-order valence-electron chi connectivity index (χ2n) is 1.66. The van der Waals surface area contributed by atoms with Crippen molar-refractivity contribution in [1.29, 1.82) is 0 Å². The van der Waals surface area contributed by atoms with Crippen molar-refractivity contribution in [2.75, 3.05) is 7.11 Å². The first kappa shape index (κ1) is 9.37. The van der Waals surface area contributed by atoms with Crippen molar-refractivity contribution in [3.63, 3.8) is 0 Å². The zero-order chi connectivity index (χ0) is 6.69. The van der Waals surface area contributed by atoms with Crippen molar-refractivity contribution in [3.8, 4) is 5.75 Å². The largest absolute Gasteiger partial charge is 0.497 e. The lowest BCUT2D eigenvalue weighted by Gasteiger charge is -1.96. The van der Waals surface area contributed by atoms with Gasteiger partial charge in [-0.3, -0.25) is 0 Å². The molecule has 0 spiro atoms. The second kappa shape index (κ2) is 4.23. The van der Waals surface area contributed by atoms with E-state index in [1.165, 1.54) is 0 Å². The molecule has 3 heteroatoms. The van der Waals surface area contributed by atoms with E-state index in [1.54, 1.807) is 19.2 Å². The van der Waals surface area contributed by atoms with Crippen LogP contribution in [0.3, 0.4) is 0 Å². The predicted molar refractivity (Wildman–Crippen MR) is 43.8 cm³/mol. The minimum atomic E-state index is 0. The van der Waals surface area contributed by atoms with Crippen LogP contribution in [0, 0.1) is 0 Å². The minimum absolute atomic E-state index is 0. The Labute approximate surface area is 67.5 Å². The minimum Gasteiger partial charge on any atom is -0.497 e. The first-order valence-electron chi connectivity index (χ1n) is 2.62. The fourth-order valence-electron chi connectivity index (χ4n) is 0.571. The molecule has 1 nitrogen and oxygen atoms in total.